The minimum atomic E-state index is -3.82. The Hall–Kier alpha value is -2.82. The van der Waals surface area contributed by atoms with Gasteiger partial charge in [-0.15, -0.1) is 0 Å². The van der Waals surface area contributed by atoms with Crippen molar-refractivity contribution in [3.05, 3.63) is 47.5 Å². The van der Waals surface area contributed by atoms with E-state index < -0.39 is 15.9 Å². The minimum Gasteiger partial charge on any atom is -0.493 e. The monoisotopic (exact) mass is 491 g/mol. The number of aryl methyl sites for hydroxylation is 1. The summed E-state index contributed by atoms with van der Waals surface area (Å²) in [4.78, 5) is 15.3. The van der Waals surface area contributed by atoms with E-state index in [-0.39, 0.29) is 35.0 Å². The number of hydrogen-bond acceptors (Lipinski definition) is 7. The molecular weight excluding hydrogens is 458 g/mol. The molecule has 1 aliphatic heterocycles. The number of anilines is 1. The highest BCUT2D eigenvalue weighted by molar-refractivity contribution is 7.89. The molecular formula is C24H33N3O6S. The minimum absolute atomic E-state index is 0.0210. The van der Waals surface area contributed by atoms with Gasteiger partial charge in [-0.25, -0.2) is 8.42 Å². The topological polar surface area (TPSA) is 97.4 Å². The van der Waals surface area contributed by atoms with Crippen LogP contribution < -0.4 is 19.7 Å². The summed E-state index contributed by atoms with van der Waals surface area (Å²) in [5.74, 6) is -0.0701. The zero-order valence-electron chi connectivity index (χ0n) is 20.2. The molecule has 2 aromatic carbocycles. The van der Waals surface area contributed by atoms with E-state index in [4.69, 9.17) is 14.2 Å². The first-order valence-corrected chi connectivity index (χ1v) is 12.7. The van der Waals surface area contributed by atoms with Gasteiger partial charge in [-0.3, -0.25) is 4.79 Å². The zero-order valence-corrected chi connectivity index (χ0v) is 21.0. The van der Waals surface area contributed by atoms with Crippen molar-refractivity contribution in [3.63, 3.8) is 0 Å². The molecule has 1 amide bonds. The maximum absolute atomic E-state index is 13.2. The summed E-state index contributed by atoms with van der Waals surface area (Å²) in [6.07, 6.45) is 0. The fraction of sp³-hybridized carbons (Fsp3) is 0.458. The van der Waals surface area contributed by atoms with E-state index >= 15 is 0 Å². The molecule has 1 fully saturated rings. The van der Waals surface area contributed by atoms with Gasteiger partial charge in [-0.1, -0.05) is 18.2 Å². The Kier molecular flexibility index (Phi) is 8.76. The van der Waals surface area contributed by atoms with Crippen molar-refractivity contribution in [3.8, 4) is 11.5 Å². The van der Waals surface area contributed by atoms with Gasteiger partial charge in [0.2, 0.25) is 10.0 Å². The lowest BCUT2D eigenvalue weighted by molar-refractivity contribution is 0.0730. The first kappa shape index (κ1) is 25.8. The summed E-state index contributed by atoms with van der Waals surface area (Å²) in [6, 6.07) is 10.8. The molecule has 2 aromatic rings. The molecule has 1 saturated heterocycles. The van der Waals surface area contributed by atoms with E-state index in [2.05, 4.69) is 23.2 Å². The summed E-state index contributed by atoms with van der Waals surface area (Å²) in [7, 11) is -0.998. The molecule has 0 bridgehead atoms. The second-order valence-electron chi connectivity index (χ2n) is 7.84. The predicted octanol–water partition coefficient (Wildman–Crippen LogP) is 2.29. The molecule has 0 atom stereocenters. The highest BCUT2D eigenvalue weighted by atomic mass is 32.2. The number of sulfonamides is 1. The number of nitrogens with zero attached hydrogens (tertiary/aromatic N) is 2. The van der Waals surface area contributed by atoms with Crippen LogP contribution in [0.3, 0.4) is 0 Å². The van der Waals surface area contributed by atoms with E-state index in [9.17, 15) is 13.2 Å². The van der Waals surface area contributed by atoms with Crippen LogP contribution in [0.25, 0.3) is 0 Å². The van der Waals surface area contributed by atoms with Crippen LogP contribution in [-0.2, 0) is 14.8 Å². The van der Waals surface area contributed by atoms with Crippen LogP contribution >= 0.6 is 0 Å². The molecule has 1 aliphatic rings. The molecule has 0 aliphatic carbocycles. The SMILES string of the molecule is CCN(CCNC(=O)c1cc(S(=O)(=O)N2CCOCC2)cc(OC)c1OC)c1ccccc1C. The number of amides is 1. The van der Waals surface area contributed by atoms with Crippen molar-refractivity contribution in [2.45, 2.75) is 18.7 Å². The molecule has 10 heteroatoms. The van der Waals surface area contributed by atoms with E-state index in [1.165, 1.54) is 30.7 Å². The number of nitrogens with one attached hydrogen (secondary N) is 1. The third-order valence-electron chi connectivity index (χ3n) is 5.81. The molecule has 186 valence electrons. The molecule has 3 rings (SSSR count). The fourth-order valence-electron chi connectivity index (χ4n) is 3.96. The van der Waals surface area contributed by atoms with Crippen LogP contribution in [0.4, 0.5) is 5.69 Å². The Balaban J connectivity index is 1.82. The van der Waals surface area contributed by atoms with Crippen LogP contribution in [0.5, 0.6) is 11.5 Å². The third-order valence-corrected chi connectivity index (χ3v) is 7.69. The van der Waals surface area contributed by atoms with Gasteiger partial charge in [0.25, 0.3) is 5.91 Å². The van der Waals surface area contributed by atoms with Crippen molar-refractivity contribution in [2.75, 3.05) is 65.1 Å². The lowest BCUT2D eigenvalue weighted by Gasteiger charge is -2.27. The van der Waals surface area contributed by atoms with Gasteiger partial charge in [0.1, 0.15) is 0 Å². The Morgan fingerprint density at radius 2 is 1.85 bits per heavy atom. The molecule has 0 aromatic heterocycles. The highest BCUT2D eigenvalue weighted by Crippen LogP contribution is 2.35. The maximum atomic E-state index is 13.2. The van der Waals surface area contributed by atoms with Gasteiger partial charge < -0.3 is 24.4 Å². The van der Waals surface area contributed by atoms with Crippen LogP contribution in [0.15, 0.2) is 41.3 Å². The van der Waals surface area contributed by atoms with E-state index in [0.717, 1.165) is 17.8 Å². The van der Waals surface area contributed by atoms with Crippen LogP contribution in [0.2, 0.25) is 0 Å². The summed E-state index contributed by atoms with van der Waals surface area (Å²) >= 11 is 0. The predicted molar refractivity (Wildman–Crippen MR) is 131 cm³/mol. The van der Waals surface area contributed by atoms with E-state index in [1.54, 1.807) is 0 Å². The smallest absolute Gasteiger partial charge is 0.255 e. The number of carbonyl (C=O) groups excluding carboxylic acids is 1. The number of morpholine rings is 1. The van der Waals surface area contributed by atoms with Crippen LogP contribution in [0.1, 0.15) is 22.8 Å². The fourth-order valence-corrected chi connectivity index (χ4v) is 5.41. The van der Waals surface area contributed by atoms with Crippen molar-refractivity contribution >= 4 is 21.6 Å². The number of carbonyl (C=O) groups is 1. The van der Waals surface area contributed by atoms with Gasteiger partial charge in [0, 0.05) is 44.5 Å². The quantitative estimate of drug-likeness (QED) is 0.545. The van der Waals surface area contributed by atoms with Crippen molar-refractivity contribution in [1.82, 2.24) is 9.62 Å². The summed E-state index contributed by atoms with van der Waals surface area (Å²) in [5, 5.41) is 2.89. The molecule has 34 heavy (non-hydrogen) atoms. The average molecular weight is 492 g/mol. The number of benzene rings is 2. The maximum Gasteiger partial charge on any atom is 0.255 e. The van der Waals surface area contributed by atoms with Gasteiger partial charge in [0.05, 0.1) is 37.9 Å². The number of para-hydroxylation sites is 1. The molecule has 0 spiro atoms. The van der Waals surface area contributed by atoms with Gasteiger partial charge in [-0.2, -0.15) is 4.31 Å². The number of methoxy groups -OCH3 is 2. The molecule has 0 saturated carbocycles. The molecule has 1 heterocycles. The van der Waals surface area contributed by atoms with Crippen molar-refractivity contribution in [2.24, 2.45) is 0 Å². The number of hydrogen-bond donors (Lipinski definition) is 1. The Morgan fingerprint density at radius 1 is 1.15 bits per heavy atom. The Morgan fingerprint density at radius 3 is 2.47 bits per heavy atom. The van der Waals surface area contributed by atoms with Crippen LogP contribution in [-0.4, -0.2) is 78.8 Å². The van der Waals surface area contributed by atoms with E-state index in [1.807, 2.05) is 25.1 Å². The summed E-state index contributed by atoms with van der Waals surface area (Å²) < 4.78 is 43.8. The van der Waals surface area contributed by atoms with Gasteiger partial charge in [0.15, 0.2) is 11.5 Å². The normalized spacial score (nSPS) is 14.5. The standard InChI is InChI=1S/C24H33N3O6S/c1-5-26(21-9-7-6-8-18(21)2)11-10-25-24(28)20-16-19(17-22(31-3)23(20)32-4)34(29,30)27-12-14-33-15-13-27/h6-9,16-17H,5,10-15H2,1-4H3,(H,25,28). The third kappa shape index (κ3) is 5.63. The second-order valence-corrected chi connectivity index (χ2v) is 9.78. The average Bonchev–Trinajstić information content (AvgIpc) is 2.86. The highest BCUT2D eigenvalue weighted by Gasteiger charge is 2.30. The van der Waals surface area contributed by atoms with Crippen molar-refractivity contribution in [1.29, 1.82) is 0 Å². The van der Waals surface area contributed by atoms with Crippen LogP contribution in [0, 0.1) is 6.92 Å². The second kappa shape index (κ2) is 11.5. The van der Waals surface area contributed by atoms with E-state index in [0.29, 0.717) is 26.3 Å². The lowest BCUT2D eigenvalue weighted by Crippen LogP contribution is -2.40. The molecule has 1 N–H and O–H groups in total. The molecule has 9 nitrogen and oxygen atoms in total. The number of ether oxygens (including phenoxy) is 3. The Bertz CT molecular complexity index is 1100. The number of likely N-dealkylation sites (N-methyl/N-ethyl adjacent to an activating group) is 1. The summed E-state index contributed by atoms with van der Waals surface area (Å²) in [5.41, 5.74) is 2.37. The lowest BCUT2D eigenvalue weighted by atomic mass is 10.1. The first-order valence-electron chi connectivity index (χ1n) is 11.3. The van der Waals surface area contributed by atoms with Gasteiger partial charge in [-0.05, 0) is 31.5 Å². The number of rotatable bonds is 10. The molecule has 0 radical (unpaired) electrons. The Labute approximate surface area is 201 Å². The van der Waals surface area contributed by atoms with Gasteiger partial charge >= 0.3 is 0 Å². The van der Waals surface area contributed by atoms with Crippen molar-refractivity contribution < 1.29 is 27.4 Å². The summed E-state index contributed by atoms with van der Waals surface area (Å²) in [6.45, 7) is 7.02. The zero-order chi connectivity index (χ0) is 24.7. The largest absolute Gasteiger partial charge is 0.493 e. The molecule has 0 unspecified atom stereocenters. The first-order chi connectivity index (χ1) is 16.3.